The molecule has 0 aliphatic rings. The predicted molar refractivity (Wildman–Crippen MR) is 112 cm³/mol. The van der Waals surface area contributed by atoms with E-state index < -0.39 is 15.6 Å². The van der Waals surface area contributed by atoms with Crippen LogP contribution in [0.3, 0.4) is 0 Å². The quantitative estimate of drug-likeness (QED) is 0.411. The number of hydrogen-bond donors (Lipinski definition) is 0. The van der Waals surface area contributed by atoms with Gasteiger partial charge >= 0.3 is 0 Å². The molecule has 0 aliphatic carbocycles. The van der Waals surface area contributed by atoms with Crippen LogP contribution in [0.15, 0.2) is 105 Å². The van der Waals surface area contributed by atoms with Crippen molar-refractivity contribution in [3.8, 4) is 17.1 Å². The van der Waals surface area contributed by atoms with Gasteiger partial charge in [0.05, 0.1) is 17.6 Å². The summed E-state index contributed by atoms with van der Waals surface area (Å²) in [5, 5.41) is 0. The SMILES string of the molecule is COc1ccc(-c2occ(C(=O)c3ccccc3)c2S(=O)(=O)c2ccccc2)cc1. The highest BCUT2D eigenvalue weighted by Crippen LogP contribution is 2.37. The predicted octanol–water partition coefficient (Wildman–Crippen LogP) is 5.02. The second kappa shape index (κ2) is 8.00. The molecule has 0 saturated carbocycles. The number of methoxy groups -OCH3 is 1. The van der Waals surface area contributed by atoms with E-state index in [4.69, 9.17) is 9.15 Å². The van der Waals surface area contributed by atoms with E-state index in [0.717, 1.165) is 0 Å². The van der Waals surface area contributed by atoms with E-state index in [-0.39, 0.29) is 21.1 Å². The molecular formula is C24H18O5S. The Morgan fingerprint density at radius 1 is 0.833 bits per heavy atom. The number of furan rings is 1. The van der Waals surface area contributed by atoms with E-state index in [9.17, 15) is 13.2 Å². The Labute approximate surface area is 174 Å². The van der Waals surface area contributed by atoms with Gasteiger partial charge < -0.3 is 9.15 Å². The summed E-state index contributed by atoms with van der Waals surface area (Å²) in [5.74, 6) is 0.313. The topological polar surface area (TPSA) is 73.6 Å². The Morgan fingerprint density at radius 2 is 1.43 bits per heavy atom. The van der Waals surface area contributed by atoms with Crippen molar-refractivity contribution in [2.75, 3.05) is 7.11 Å². The molecular weight excluding hydrogens is 400 g/mol. The van der Waals surface area contributed by atoms with Gasteiger partial charge in [0, 0.05) is 11.1 Å². The molecule has 0 N–H and O–H groups in total. The standard InChI is InChI=1S/C24H18O5S/c1-28-19-14-12-18(13-15-19)23-24(30(26,27)20-10-6-3-7-11-20)21(16-29-23)22(25)17-8-4-2-5-9-17/h2-16H,1H3. The normalized spacial score (nSPS) is 11.2. The lowest BCUT2D eigenvalue weighted by Gasteiger charge is -2.09. The lowest BCUT2D eigenvalue weighted by Crippen LogP contribution is -2.09. The Kier molecular flexibility index (Phi) is 5.25. The zero-order chi connectivity index (χ0) is 21.1. The van der Waals surface area contributed by atoms with E-state index in [1.54, 1.807) is 79.9 Å². The Morgan fingerprint density at radius 3 is 2.03 bits per heavy atom. The molecule has 6 heteroatoms. The number of hydrogen-bond acceptors (Lipinski definition) is 5. The lowest BCUT2D eigenvalue weighted by molar-refractivity contribution is 0.103. The smallest absolute Gasteiger partial charge is 0.211 e. The molecule has 0 radical (unpaired) electrons. The van der Waals surface area contributed by atoms with Crippen LogP contribution >= 0.6 is 0 Å². The van der Waals surface area contributed by atoms with E-state index in [0.29, 0.717) is 16.9 Å². The van der Waals surface area contributed by atoms with Crippen LogP contribution in [-0.2, 0) is 9.84 Å². The van der Waals surface area contributed by atoms with Gasteiger partial charge in [0.25, 0.3) is 0 Å². The van der Waals surface area contributed by atoms with Crippen LogP contribution in [0.5, 0.6) is 5.75 Å². The molecule has 4 aromatic rings. The maximum atomic E-state index is 13.5. The molecule has 150 valence electrons. The van der Waals surface area contributed by atoms with Gasteiger partial charge in [-0.15, -0.1) is 0 Å². The molecule has 1 aromatic heterocycles. The van der Waals surface area contributed by atoms with Crippen LogP contribution in [0.25, 0.3) is 11.3 Å². The van der Waals surface area contributed by atoms with Gasteiger partial charge in [0.1, 0.15) is 16.9 Å². The van der Waals surface area contributed by atoms with E-state index in [1.807, 2.05) is 0 Å². The van der Waals surface area contributed by atoms with Crippen molar-refractivity contribution in [1.29, 1.82) is 0 Å². The summed E-state index contributed by atoms with van der Waals surface area (Å²) in [6.45, 7) is 0. The summed E-state index contributed by atoms with van der Waals surface area (Å²) in [4.78, 5) is 13.1. The highest BCUT2D eigenvalue weighted by atomic mass is 32.2. The second-order valence-electron chi connectivity index (χ2n) is 6.55. The third-order valence-electron chi connectivity index (χ3n) is 4.70. The molecule has 3 aromatic carbocycles. The molecule has 5 nitrogen and oxygen atoms in total. The summed E-state index contributed by atoms with van der Waals surface area (Å²) in [6, 6.07) is 23.3. The van der Waals surface area contributed by atoms with Crippen molar-refractivity contribution in [3.05, 3.63) is 102 Å². The molecule has 0 atom stereocenters. The third-order valence-corrected chi connectivity index (χ3v) is 6.54. The average molecular weight is 418 g/mol. The molecule has 0 saturated heterocycles. The van der Waals surface area contributed by atoms with Gasteiger partial charge in [-0.1, -0.05) is 48.5 Å². The summed E-state index contributed by atoms with van der Waals surface area (Å²) in [7, 11) is -2.47. The van der Waals surface area contributed by atoms with E-state index in [2.05, 4.69) is 0 Å². The number of sulfone groups is 1. The van der Waals surface area contributed by atoms with E-state index >= 15 is 0 Å². The van der Waals surface area contributed by atoms with Crippen LogP contribution in [0.4, 0.5) is 0 Å². The van der Waals surface area contributed by atoms with Gasteiger partial charge in [-0.25, -0.2) is 8.42 Å². The maximum absolute atomic E-state index is 13.5. The fraction of sp³-hybridized carbons (Fsp3) is 0.0417. The number of benzene rings is 3. The fourth-order valence-electron chi connectivity index (χ4n) is 3.17. The monoisotopic (exact) mass is 418 g/mol. The van der Waals surface area contributed by atoms with Crippen molar-refractivity contribution < 1.29 is 22.4 Å². The highest BCUT2D eigenvalue weighted by molar-refractivity contribution is 7.91. The molecule has 0 aliphatic heterocycles. The van der Waals surface area contributed by atoms with Crippen LogP contribution in [-0.4, -0.2) is 21.3 Å². The maximum Gasteiger partial charge on any atom is 0.211 e. The lowest BCUT2D eigenvalue weighted by atomic mass is 10.0. The summed E-state index contributed by atoms with van der Waals surface area (Å²) >= 11 is 0. The molecule has 0 bridgehead atoms. The molecule has 4 rings (SSSR count). The largest absolute Gasteiger partial charge is 0.497 e. The number of carbonyl (C=O) groups is 1. The molecule has 30 heavy (non-hydrogen) atoms. The zero-order valence-corrected chi connectivity index (χ0v) is 16.9. The molecule has 0 amide bonds. The average Bonchev–Trinajstić information content (AvgIpc) is 3.26. The van der Waals surface area contributed by atoms with Crippen LogP contribution in [0.2, 0.25) is 0 Å². The van der Waals surface area contributed by atoms with Crippen LogP contribution in [0.1, 0.15) is 15.9 Å². The number of ether oxygens (including phenoxy) is 1. The van der Waals surface area contributed by atoms with E-state index in [1.165, 1.54) is 18.4 Å². The summed E-state index contributed by atoms with van der Waals surface area (Å²) < 4.78 is 37.9. The zero-order valence-electron chi connectivity index (χ0n) is 16.1. The molecule has 0 unspecified atom stereocenters. The first-order valence-electron chi connectivity index (χ1n) is 9.18. The second-order valence-corrected chi connectivity index (χ2v) is 8.43. The summed E-state index contributed by atoms with van der Waals surface area (Å²) in [6.07, 6.45) is 1.21. The van der Waals surface area contributed by atoms with Gasteiger partial charge in [0.15, 0.2) is 11.5 Å². The van der Waals surface area contributed by atoms with Crippen molar-refractivity contribution in [3.63, 3.8) is 0 Å². The first kappa shape index (κ1) is 19.7. The van der Waals surface area contributed by atoms with Crippen molar-refractivity contribution in [2.24, 2.45) is 0 Å². The molecule has 0 spiro atoms. The van der Waals surface area contributed by atoms with Crippen molar-refractivity contribution >= 4 is 15.6 Å². The number of carbonyl (C=O) groups excluding carboxylic acids is 1. The van der Waals surface area contributed by atoms with Crippen LogP contribution in [0, 0.1) is 0 Å². The minimum Gasteiger partial charge on any atom is -0.497 e. The summed E-state index contributed by atoms with van der Waals surface area (Å²) in [5.41, 5.74) is 0.900. The third kappa shape index (κ3) is 3.53. The van der Waals surface area contributed by atoms with Crippen molar-refractivity contribution in [1.82, 2.24) is 0 Å². The molecule has 0 fully saturated rings. The minimum atomic E-state index is -4.02. The van der Waals surface area contributed by atoms with Gasteiger partial charge in [-0.3, -0.25) is 4.79 Å². The van der Waals surface area contributed by atoms with Crippen molar-refractivity contribution in [2.45, 2.75) is 9.79 Å². The fourth-order valence-corrected chi connectivity index (χ4v) is 4.77. The Hall–Kier alpha value is -3.64. The highest BCUT2D eigenvalue weighted by Gasteiger charge is 2.32. The minimum absolute atomic E-state index is 0.00382. The Balaban J connectivity index is 1.94. The van der Waals surface area contributed by atoms with Gasteiger partial charge in [0.2, 0.25) is 9.84 Å². The van der Waals surface area contributed by atoms with Gasteiger partial charge in [-0.2, -0.15) is 0 Å². The Bertz CT molecular complexity index is 1270. The van der Waals surface area contributed by atoms with Crippen LogP contribution < -0.4 is 4.74 Å². The molecule has 1 heterocycles. The van der Waals surface area contributed by atoms with Gasteiger partial charge in [-0.05, 0) is 36.4 Å². The first-order valence-corrected chi connectivity index (χ1v) is 10.7. The number of rotatable bonds is 6. The number of ketones is 1. The first-order chi connectivity index (χ1) is 14.5.